The van der Waals surface area contributed by atoms with Gasteiger partial charge in [0.25, 0.3) is 5.91 Å². The van der Waals surface area contributed by atoms with Gasteiger partial charge >= 0.3 is 5.97 Å². The number of hydrogen-bond acceptors (Lipinski definition) is 5. The van der Waals surface area contributed by atoms with Gasteiger partial charge in [-0.3, -0.25) is 9.59 Å². The van der Waals surface area contributed by atoms with Crippen molar-refractivity contribution in [1.82, 2.24) is 10.2 Å². The molecule has 4 atom stereocenters. The molecule has 0 radical (unpaired) electrons. The molecule has 1 aromatic rings. The van der Waals surface area contributed by atoms with E-state index >= 15 is 0 Å². The molecular formula is C17H19Br2N3O4S. The van der Waals surface area contributed by atoms with Crippen molar-refractivity contribution in [3.8, 4) is 0 Å². The highest BCUT2D eigenvalue weighted by atomic mass is 79.9. The number of carboxylic acid groups (broad SMARTS) is 1. The Bertz CT molecular complexity index is 849. The summed E-state index contributed by atoms with van der Waals surface area (Å²) < 4.78 is 0.853. The Hall–Kier alpha value is -1.10. The van der Waals surface area contributed by atoms with Crippen molar-refractivity contribution in [2.45, 2.75) is 48.5 Å². The van der Waals surface area contributed by atoms with Gasteiger partial charge in [0.1, 0.15) is 23.0 Å². The number of carbonyl (C=O) groups excluding carboxylic acids is 2. The molecule has 146 valence electrons. The van der Waals surface area contributed by atoms with Crippen molar-refractivity contribution < 1.29 is 19.5 Å². The zero-order chi connectivity index (χ0) is 20.3. The average molecular weight is 521 g/mol. The number of carbonyl (C=O) groups is 3. The maximum absolute atomic E-state index is 12.8. The smallest absolute Gasteiger partial charge is 0.327 e. The van der Waals surface area contributed by atoms with Crippen molar-refractivity contribution in [2.75, 3.05) is 0 Å². The van der Waals surface area contributed by atoms with Crippen LogP contribution in [-0.2, 0) is 14.4 Å². The minimum absolute atomic E-state index is 0.409. The molecule has 2 saturated heterocycles. The third-order valence-electron chi connectivity index (χ3n) is 4.97. The second-order valence-electron chi connectivity index (χ2n) is 7.36. The molecule has 2 heterocycles. The molecule has 10 heteroatoms. The third kappa shape index (κ3) is 3.20. The predicted molar refractivity (Wildman–Crippen MR) is 109 cm³/mol. The SMILES string of the molecule is CC1(C)S[C@H]2N(C(=O)C2(C)NC(=O)C(N)c2ccc(Br)cc2Br)[C@H]1C(=O)O. The first-order valence-corrected chi connectivity index (χ1v) is 10.6. The molecule has 0 aliphatic carbocycles. The van der Waals surface area contributed by atoms with Gasteiger partial charge in [-0.1, -0.05) is 37.9 Å². The Morgan fingerprint density at radius 1 is 1.33 bits per heavy atom. The van der Waals surface area contributed by atoms with Gasteiger partial charge in [-0.05, 0) is 38.5 Å². The zero-order valence-electron chi connectivity index (χ0n) is 14.8. The summed E-state index contributed by atoms with van der Waals surface area (Å²) in [5.41, 5.74) is 5.50. The van der Waals surface area contributed by atoms with E-state index in [1.165, 1.54) is 16.7 Å². The van der Waals surface area contributed by atoms with Gasteiger partial charge in [-0.25, -0.2) is 4.79 Å². The highest BCUT2D eigenvalue weighted by Crippen LogP contribution is 2.54. The Balaban J connectivity index is 1.81. The molecule has 3 rings (SSSR count). The lowest BCUT2D eigenvalue weighted by Gasteiger charge is -2.51. The first-order valence-electron chi connectivity index (χ1n) is 8.16. The van der Waals surface area contributed by atoms with Crippen LogP contribution < -0.4 is 11.1 Å². The fraction of sp³-hybridized carbons (Fsp3) is 0.471. The second-order valence-corrected chi connectivity index (χ2v) is 10.9. The monoisotopic (exact) mass is 519 g/mol. The molecule has 7 nitrogen and oxygen atoms in total. The molecule has 0 bridgehead atoms. The lowest BCUT2D eigenvalue weighted by atomic mass is 9.85. The Morgan fingerprint density at radius 2 is 1.96 bits per heavy atom. The van der Waals surface area contributed by atoms with Crippen LogP contribution in [0.3, 0.4) is 0 Å². The number of benzene rings is 1. The zero-order valence-corrected chi connectivity index (χ0v) is 18.8. The molecule has 4 N–H and O–H groups in total. The number of thioether (sulfide) groups is 1. The van der Waals surface area contributed by atoms with Gasteiger partial charge in [0.05, 0.1) is 0 Å². The van der Waals surface area contributed by atoms with Crippen molar-refractivity contribution in [3.63, 3.8) is 0 Å². The maximum atomic E-state index is 12.8. The Morgan fingerprint density at radius 3 is 2.52 bits per heavy atom. The van der Waals surface area contributed by atoms with Crippen LogP contribution in [0.5, 0.6) is 0 Å². The van der Waals surface area contributed by atoms with Crippen molar-refractivity contribution in [2.24, 2.45) is 5.73 Å². The summed E-state index contributed by atoms with van der Waals surface area (Å²) >= 11 is 8.11. The number of β-lactam (4-membered cyclic amide) rings is 1. The fourth-order valence-electron chi connectivity index (χ4n) is 3.57. The topological polar surface area (TPSA) is 113 Å². The summed E-state index contributed by atoms with van der Waals surface area (Å²) in [6, 6.07) is 3.38. The summed E-state index contributed by atoms with van der Waals surface area (Å²) in [7, 11) is 0. The first-order chi connectivity index (χ1) is 12.4. The largest absolute Gasteiger partial charge is 0.480 e. The summed E-state index contributed by atoms with van der Waals surface area (Å²) in [6.07, 6.45) is 0. The minimum atomic E-state index is -1.19. The molecule has 0 saturated carbocycles. The Kier molecular flexibility index (Phi) is 5.16. The predicted octanol–water partition coefficient (Wildman–Crippen LogP) is 2.23. The van der Waals surface area contributed by atoms with E-state index < -0.39 is 45.5 Å². The lowest BCUT2D eigenvalue weighted by molar-refractivity contribution is -0.168. The quantitative estimate of drug-likeness (QED) is 0.525. The molecule has 2 unspecified atom stereocenters. The van der Waals surface area contributed by atoms with E-state index in [9.17, 15) is 19.5 Å². The molecule has 0 aromatic heterocycles. The van der Waals surface area contributed by atoms with E-state index in [-0.39, 0.29) is 0 Å². The van der Waals surface area contributed by atoms with Crippen LogP contribution in [0.4, 0.5) is 0 Å². The third-order valence-corrected chi connectivity index (χ3v) is 7.91. The van der Waals surface area contributed by atoms with Crippen LogP contribution in [0.2, 0.25) is 0 Å². The van der Waals surface area contributed by atoms with Crippen molar-refractivity contribution in [1.29, 1.82) is 0 Å². The molecule has 2 fully saturated rings. The van der Waals surface area contributed by atoms with Crippen LogP contribution in [0.25, 0.3) is 0 Å². The number of halogens is 2. The van der Waals surface area contributed by atoms with E-state index in [4.69, 9.17) is 5.73 Å². The Labute approximate surface area is 177 Å². The molecule has 27 heavy (non-hydrogen) atoms. The highest BCUT2D eigenvalue weighted by Gasteiger charge is 2.70. The number of nitrogens with two attached hydrogens (primary N) is 1. The first kappa shape index (κ1) is 20.6. The van der Waals surface area contributed by atoms with Gasteiger partial charge < -0.3 is 21.1 Å². The highest BCUT2D eigenvalue weighted by molar-refractivity contribution is 9.11. The summed E-state index contributed by atoms with van der Waals surface area (Å²) in [4.78, 5) is 38.4. The number of hydrogen-bond donors (Lipinski definition) is 3. The van der Waals surface area contributed by atoms with Gasteiger partial charge in [-0.15, -0.1) is 11.8 Å². The van der Waals surface area contributed by atoms with E-state index in [0.29, 0.717) is 10.0 Å². The number of rotatable bonds is 4. The average Bonchev–Trinajstić information content (AvgIpc) is 2.83. The van der Waals surface area contributed by atoms with Crippen molar-refractivity contribution in [3.05, 3.63) is 32.7 Å². The second kappa shape index (κ2) is 6.75. The lowest BCUT2D eigenvalue weighted by Crippen LogP contribution is -2.78. The number of carboxylic acids is 1. The van der Waals surface area contributed by atoms with E-state index in [2.05, 4.69) is 37.2 Å². The number of aliphatic carboxylic acids is 1. The van der Waals surface area contributed by atoms with E-state index in [1.54, 1.807) is 39.0 Å². The summed E-state index contributed by atoms with van der Waals surface area (Å²) in [6.45, 7) is 5.19. The van der Waals surface area contributed by atoms with Crippen molar-refractivity contribution >= 4 is 61.4 Å². The van der Waals surface area contributed by atoms with E-state index in [1.807, 2.05) is 0 Å². The van der Waals surface area contributed by atoms with Crippen LogP contribution in [-0.4, -0.2) is 49.5 Å². The number of nitrogens with zero attached hydrogens (tertiary/aromatic N) is 1. The standard InChI is InChI=1S/C17H19Br2N3O4S/c1-16(2)11(13(24)25)22-14(26)17(3,15(22)27-16)21-12(23)10(20)8-5-4-7(18)6-9(8)19/h4-6,10-11,15H,20H2,1-3H3,(H,21,23)(H,24,25)/t10?,11-,15+,17?/m0/s1. The minimum Gasteiger partial charge on any atom is -0.480 e. The van der Waals surface area contributed by atoms with Gasteiger partial charge in [0.2, 0.25) is 5.91 Å². The summed E-state index contributed by atoms with van der Waals surface area (Å²) in [5, 5.41) is 11.8. The molecule has 0 spiro atoms. The molecular weight excluding hydrogens is 502 g/mol. The van der Waals surface area contributed by atoms with Crippen LogP contribution in [0.15, 0.2) is 27.1 Å². The molecule has 1 aromatic carbocycles. The summed E-state index contributed by atoms with van der Waals surface area (Å²) in [5.74, 6) is -1.95. The van der Waals surface area contributed by atoms with Crippen LogP contribution >= 0.6 is 43.6 Å². The van der Waals surface area contributed by atoms with Gasteiger partial charge in [-0.2, -0.15) is 0 Å². The fourth-order valence-corrected chi connectivity index (χ4v) is 6.51. The van der Waals surface area contributed by atoms with Crippen LogP contribution in [0.1, 0.15) is 32.4 Å². The van der Waals surface area contributed by atoms with E-state index in [0.717, 1.165) is 4.47 Å². The maximum Gasteiger partial charge on any atom is 0.327 e. The molecule has 2 amide bonds. The number of fused-ring (bicyclic) bond motifs is 1. The van der Waals surface area contributed by atoms with Gasteiger partial charge in [0, 0.05) is 13.7 Å². The van der Waals surface area contributed by atoms with Gasteiger partial charge in [0.15, 0.2) is 0 Å². The van der Waals surface area contributed by atoms with Crippen LogP contribution in [0, 0.1) is 0 Å². The number of nitrogens with one attached hydrogen (secondary N) is 1. The molecule has 2 aliphatic heterocycles. The number of amides is 2. The normalized spacial score (nSPS) is 29.7. The molecule has 2 aliphatic rings.